The summed E-state index contributed by atoms with van der Waals surface area (Å²) < 4.78 is 27.6. The second-order valence-electron chi connectivity index (χ2n) is 4.31. The lowest BCUT2D eigenvalue weighted by Crippen LogP contribution is -2.13. The molecular formula is C12H11BrN2O4S2. The van der Waals surface area contributed by atoms with E-state index >= 15 is 0 Å². The van der Waals surface area contributed by atoms with E-state index in [0.717, 1.165) is 4.47 Å². The normalized spacial score (nSPS) is 11.4. The first kappa shape index (κ1) is 15.9. The van der Waals surface area contributed by atoms with Crippen LogP contribution in [0.5, 0.6) is 0 Å². The molecule has 0 aliphatic rings. The molecule has 6 nitrogen and oxygen atoms in total. The number of thiophene rings is 1. The molecule has 0 saturated heterocycles. The van der Waals surface area contributed by atoms with Crippen molar-refractivity contribution in [2.45, 2.75) is 18.1 Å². The molecule has 0 fully saturated rings. The summed E-state index contributed by atoms with van der Waals surface area (Å²) in [5, 5.41) is 8.99. The SMILES string of the molecule is Cc1cc(Br)cnc1NS(=O)(=O)c1cc(C)c(C(=O)O)s1. The number of aromatic carboxylic acids is 1. The minimum atomic E-state index is -3.86. The molecular weight excluding hydrogens is 380 g/mol. The molecule has 2 heterocycles. The topological polar surface area (TPSA) is 96.4 Å². The molecule has 0 saturated carbocycles. The zero-order valence-electron chi connectivity index (χ0n) is 11.0. The summed E-state index contributed by atoms with van der Waals surface area (Å²) in [6.07, 6.45) is 1.48. The van der Waals surface area contributed by atoms with Crippen LogP contribution in [0.25, 0.3) is 0 Å². The molecule has 0 radical (unpaired) electrons. The van der Waals surface area contributed by atoms with Gasteiger partial charge in [-0.25, -0.2) is 18.2 Å². The number of nitrogens with one attached hydrogen (secondary N) is 1. The van der Waals surface area contributed by atoms with Crippen LogP contribution in [0.3, 0.4) is 0 Å². The van der Waals surface area contributed by atoms with Gasteiger partial charge in [0.15, 0.2) is 0 Å². The Morgan fingerprint density at radius 3 is 2.52 bits per heavy atom. The van der Waals surface area contributed by atoms with Gasteiger partial charge in [0.05, 0.1) is 0 Å². The van der Waals surface area contributed by atoms with Crippen LogP contribution in [-0.2, 0) is 10.0 Å². The largest absolute Gasteiger partial charge is 0.477 e. The van der Waals surface area contributed by atoms with Crippen LogP contribution in [0.2, 0.25) is 0 Å². The Kier molecular flexibility index (Phi) is 4.35. The minimum Gasteiger partial charge on any atom is -0.477 e. The molecule has 0 spiro atoms. The number of rotatable bonds is 4. The predicted octanol–water partition coefficient (Wildman–Crippen LogP) is 3.02. The van der Waals surface area contributed by atoms with Gasteiger partial charge >= 0.3 is 5.97 Å². The zero-order chi connectivity index (χ0) is 15.8. The van der Waals surface area contributed by atoms with Gasteiger partial charge in [-0.3, -0.25) is 4.72 Å². The maximum absolute atomic E-state index is 12.3. The molecule has 2 N–H and O–H groups in total. The van der Waals surface area contributed by atoms with Crippen molar-refractivity contribution in [1.82, 2.24) is 4.98 Å². The summed E-state index contributed by atoms with van der Waals surface area (Å²) in [4.78, 5) is 15.0. The van der Waals surface area contributed by atoms with Gasteiger partial charge in [-0.1, -0.05) is 0 Å². The number of carbonyl (C=O) groups is 1. The summed E-state index contributed by atoms with van der Waals surface area (Å²) in [5.41, 5.74) is 1.06. The molecule has 0 atom stereocenters. The Morgan fingerprint density at radius 2 is 2.00 bits per heavy atom. The highest BCUT2D eigenvalue weighted by molar-refractivity contribution is 9.10. The summed E-state index contributed by atoms with van der Waals surface area (Å²) >= 11 is 3.96. The fourth-order valence-corrected chi connectivity index (χ4v) is 4.53. The number of carboxylic acid groups (broad SMARTS) is 1. The van der Waals surface area contributed by atoms with E-state index in [9.17, 15) is 13.2 Å². The van der Waals surface area contributed by atoms with E-state index in [0.29, 0.717) is 22.5 Å². The quantitative estimate of drug-likeness (QED) is 0.835. The van der Waals surface area contributed by atoms with E-state index in [1.54, 1.807) is 19.9 Å². The average molecular weight is 391 g/mol. The van der Waals surface area contributed by atoms with Crippen LogP contribution in [0.4, 0.5) is 5.82 Å². The second-order valence-corrected chi connectivity index (χ2v) is 8.18. The number of pyridine rings is 1. The highest BCUT2D eigenvalue weighted by atomic mass is 79.9. The van der Waals surface area contributed by atoms with Crippen LogP contribution in [-0.4, -0.2) is 24.5 Å². The molecule has 0 aromatic carbocycles. The zero-order valence-corrected chi connectivity index (χ0v) is 14.3. The first-order valence-corrected chi connectivity index (χ1v) is 8.78. The molecule has 0 aliphatic carbocycles. The maximum Gasteiger partial charge on any atom is 0.346 e. The Morgan fingerprint density at radius 1 is 1.33 bits per heavy atom. The molecule has 21 heavy (non-hydrogen) atoms. The molecule has 2 aromatic heterocycles. The van der Waals surface area contributed by atoms with Crippen LogP contribution in [0.15, 0.2) is 27.0 Å². The van der Waals surface area contributed by atoms with Gasteiger partial charge in [0.25, 0.3) is 10.0 Å². The van der Waals surface area contributed by atoms with Crippen molar-refractivity contribution in [3.8, 4) is 0 Å². The summed E-state index contributed by atoms with van der Waals surface area (Å²) in [7, 11) is -3.86. The van der Waals surface area contributed by atoms with Crippen molar-refractivity contribution in [1.29, 1.82) is 0 Å². The minimum absolute atomic E-state index is 0.0101. The summed E-state index contributed by atoms with van der Waals surface area (Å²) in [5.74, 6) is -0.932. The fourth-order valence-electron chi connectivity index (χ4n) is 1.62. The standard InChI is InChI=1S/C12H11BrN2O4S2/c1-6-4-9(20-10(6)12(16)17)21(18,19)15-11-7(2)3-8(13)5-14-11/h3-5H,1-2H3,(H,14,15)(H,16,17). The van der Waals surface area contributed by atoms with Gasteiger partial charge in [-0.05, 0) is 53.0 Å². The first-order valence-electron chi connectivity index (χ1n) is 5.69. The van der Waals surface area contributed by atoms with E-state index in [4.69, 9.17) is 5.11 Å². The molecule has 9 heteroatoms. The van der Waals surface area contributed by atoms with Crippen molar-refractivity contribution >= 4 is 49.1 Å². The second kappa shape index (κ2) is 5.74. The fraction of sp³-hybridized carbons (Fsp3) is 0.167. The van der Waals surface area contributed by atoms with E-state index in [2.05, 4.69) is 25.6 Å². The lowest BCUT2D eigenvalue weighted by molar-refractivity contribution is 0.0701. The van der Waals surface area contributed by atoms with E-state index < -0.39 is 16.0 Å². The number of aryl methyl sites for hydroxylation is 2. The predicted molar refractivity (Wildman–Crippen MR) is 83.5 cm³/mol. The van der Waals surface area contributed by atoms with Crippen LogP contribution >= 0.6 is 27.3 Å². The highest BCUT2D eigenvalue weighted by Gasteiger charge is 2.22. The molecule has 2 aromatic rings. The number of anilines is 1. The third kappa shape index (κ3) is 3.42. The Balaban J connectivity index is 2.38. The number of nitrogens with zero attached hydrogens (tertiary/aromatic N) is 1. The molecule has 0 unspecified atom stereocenters. The number of hydrogen-bond acceptors (Lipinski definition) is 5. The van der Waals surface area contributed by atoms with E-state index in [1.807, 2.05) is 0 Å². The number of hydrogen-bond donors (Lipinski definition) is 2. The van der Waals surface area contributed by atoms with Gasteiger partial charge in [-0.2, -0.15) is 0 Å². The Bertz CT molecular complexity index is 815. The molecule has 112 valence electrons. The van der Waals surface area contributed by atoms with Crippen molar-refractivity contribution in [2.24, 2.45) is 0 Å². The van der Waals surface area contributed by atoms with Gasteiger partial charge < -0.3 is 5.11 Å². The number of carboxylic acids is 1. The van der Waals surface area contributed by atoms with Gasteiger partial charge in [0.2, 0.25) is 0 Å². The number of halogens is 1. The Labute approximate surface area is 134 Å². The Hall–Kier alpha value is -1.45. The smallest absolute Gasteiger partial charge is 0.346 e. The van der Waals surface area contributed by atoms with Crippen molar-refractivity contribution in [3.05, 3.63) is 38.8 Å². The van der Waals surface area contributed by atoms with Crippen molar-refractivity contribution in [2.75, 3.05) is 4.72 Å². The van der Waals surface area contributed by atoms with Gasteiger partial charge in [0, 0.05) is 10.7 Å². The highest BCUT2D eigenvalue weighted by Crippen LogP contribution is 2.28. The van der Waals surface area contributed by atoms with Crippen LogP contribution in [0, 0.1) is 13.8 Å². The average Bonchev–Trinajstić information content (AvgIpc) is 2.76. The summed E-state index contributed by atoms with van der Waals surface area (Å²) in [6.45, 7) is 3.28. The maximum atomic E-state index is 12.3. The third-order valence-corrected chi connectivity index (χ3v) is 6.10. The lowest BCUT2D eigenvalue weighted by atomic mass is 10.3. The van der Waals surface area contributed by atoms with Crippen LogP contribution < -0.4 is 4.72 Å². The molecule has 0 aliphatic heterocycles. The molecule has 0 bridgehead atoms. The number of aromatic nitrogens is 1. The van der Waals surface area contributed by atoms with Gasteiger partial charge in [0.1, 0.15) is 14.9 Å². The van der Waals surface area contributed by atoms with E-state index in [1.165, 1.54) is 12.3 Å². The van der Waals surface area contributed by atoms with Crippen LogP contribution in [0.1, 0.15) is 20.8 Å². The molecule has 2 rings (SSSR count). The van der Waals surface area contributed by atoms with E-state index in [-0.39, 0.29) is 14.9 Å². The van der Waals surface area contributed by atoms with Crippen molar-refractivity contribution in [3.63, 3.8) is 0 Å². The summed E-state index contributed by atoms with van der Waals surface area (Å²) in [6, 6.07) is 3.07. The monoisotopic (exact) mass is 390 g/mol. The third-order valence-electron chi connectivity index (χ3n) is 2.63. The van der Waals surface area contributed by atoms with Crippen molar-refractivity contribution < 1.29 is 18.3 Å². The number of sulfonamides is 1. The lowest BCUT2D eigenvalue weighted by Gasteiger charge is -2.08. The van der Waals surface area contributed by atoms with Gasteiger partial charge in [-0.15, -0.1) is 11.3 Å². The first-order chi connectivity index (χ1) is 9.70. The molecule has 0 amide bonds.